The number of nitrogens with zero attached hydrogens (tertiary/aromatic N) is 1. The monoisotopic (exact) mass is 418 g/mol. The summed E-state index contributed by atoms with van der Waals surface area (Å²) < 4.78 is 10.3. The van der Waals surface area contributed by atoms with Crippen molar-refractivity contribution in [3.8, 4) is 5.75 Å². The maximum Gasteiger partial charge on any atom is 0.338 e. The van der Waals surface area contributed by atoms with Gasteiger partial charge in [-0.1, -0.05) is 23.7 Å². The van der Waals surface area contributed by atoms with E-state index in [1.165, 1.54) is 19.1 Å². The Bertz CT molecular complexity index is 929. The van der Waals surface area contributed by atoms with Crippen molar-refractivity contribution in [2.75, 3.05) is 32.6 Å². The normalized spacial score (nSPS) is 10.2. The van der Waals surface area contributed by atoms with Gasteiger partial charge in [-0.15, -0.1) is 0 Å². The number of halogens is 1. The SMILES string of the molecule is COc1ccc(Cl)cc1NC(=O)CN(C)C(=O)COC(=O)c1cccc(C)c1C. The smallest absolute Gasteiger partial charge is 0.338 e. The number of amides is 2. The van der Waals surface area contributed by atoms with Crippen LogP contribution in [0, 0.1) is 13.8 Å². The van der Waals surface area contributed by atoms with Gasteiger partial charge in [0.15, 0.2) is 6.61 Å². The molecule has 154 valence electrons. The number of hydrogen-bond acceptors (Lipinski definition) is 5. The van der Waals surface area contributed by atoms with Crippen molar-refractivity contribution in [2.45, 2.75) is 13.8 Å². The van der Waals surface area contributed by atoms with E-state index in [1.54, 1.807) is 30.3 Å². The average molecular weight is 419 g/mol. The van der Waals surface area contributed by atoms with Gasteiger partial charge in [0, 0.05) is 12.1 Å². The molecule has 0 radical (unpaired) electrons. The van der Waals surface area contributed by atoms with E-state index in [2.05, 4.69) is 5.32 Å². The Morgan fingerprint density at radius 3 is 2.55 bits per heavy atom. The number of esters is 1. The van der Waals surface area contributed by atoms with Crippen LogP contribution in [0.4, 0.5) is 5.69 Å². The van der Waals surface area contributed by atoms with Crippen molar-refractivity contribution >= 4 is 35.1 Å². The predicted octanol–water partition coefficient (Wildman–Crippen LogP) is 3.22. The van der Waals surface area contributed by atoms with E-state index in [4.69, 9.17) is 21.1 Å². The second-order valence-electron chi connectivity index (χ2n) is 6.47. The zero-order valence-corrected chi connectivity index (χ0v) is 17.5. The van der Waals surface area contributed by atoms with Gasteiger partial charge in [0.05, 0.1) is 24.9 Å². The first-order valence-electron chi connectivity index (χ1n) is 8.83. The number of nitrogens with one attached hydrogen (secondary N) is 1. The highest BCUT2D eigenvalue weighted by Crippen LogP contribution is 2.27. The largest absolute Gasteiger partial charge is 0.495 e. The summed E-state index contributed by atoms with van der Waals surface area (Å²) in [5.41, 5.74) is 2.56. The summed E-state index contributed by atoms with van der Waals surface area (Å²) in [6, 6.07) is 10.1. The number of benzene rings is 2. The molecular formula is C21H23ClN2O5. The van der Waals surface area contributed by atoms with Gasteiger partial charge in [-0.25, -0.2) is 4.79 Å². The summed E-state index contributed by atoms with van der Waals surface area (Å²) in [7, 11) is 2.92. The van der Waals surface area contributed by atoms with Gasteiger partial charge in [0.2, 0.25) is 5.91 Å². The Kier molecular flexibility index (Phi) is 7.61. The van der Waals surface area contributed by atoms with Crippen molar-refractivity contribution in [1.82, 2.24) is 4.90 Å². The molecule has 0 spiro atoms. The minimum absolute atomic E-state index is 0.227. The van der Waals surface area contributed by atoms with Crippen molar-refractivity contribution in [3.63, 3.8) is 0 Å². The lowest BCUT2D eigenvalue weighted by Crippen LogP contribution is -2.37. The van der Waals surface area contributed by atoms with Crippen molar-refractivity contribution in [1.29, 1.82) is 0 Å². The summed E-state index contributed by atoms with van der Waals surface area (Å²) in [6.07, 6.45) is 0. The topological polar surface area (TPSA) is 84.9 Å². The Balaban J connectivity index is 1.90. The standard InChI is InChI=1S/C21H23ClN2O5/c1-13-6-5-7-16(14(13)2)21(27)29-12-20(26)24(3)11-19(25)23-17-10-15(22)8-9-18(17)28-4/h5-10H,11-12H2,1-4H3,(H,23,25). The number of hydrogen-bond donors (Lipinski definition) is 1. The first-order chi connectivity index (χ1) is 13.7. The third-order valence-corrected chi connectivity index (χ3v) is 4.63. The van der Waals surface area contributed by atoms with E-state index in [0.717, 1.165) is 11.1 Å². The highest BCUT2D eigenvalue weighted by atomic mass is 35.5. The Morgan fingerprint density at radius 2 is 1.86 bits per heavy atom. The number of aryl methyl sites for hydroxylation is 1. The van der Waals surface area contributed by atoms with Gasteiger partial charge in [-0.05, 0) is 49.2 Å². The molecule has 0 atom stereocenters. The molecule has 0 saturated heterocycles. The van der Waals surface area contributed by atoms with Gasteiger partial charge < -0.3 is 19.7 Å². The van der Waals surface area contributed by atoms with Crippen LogP contribution in [0.15, 0.2) is 36.4 Å². The molecule has 7 nitrogen and oxygen atoms in total. The fraction of sp³-hybridized carbons (Fsp3) is 0.286. The average Bonchev–Trinajstić information content (AvgIpc) is 2.68. The number of rotatable bonds is 7. The zero-order valence-electron chi connectivity index (χ0n) is 16.7. The van der Waals surface area contributed by atoms with Gasteiger partial charge in [-0.2, -0.15) is 0 Å². The molecule has 2 aromatic rings. The van der Waals surface area contributed by atoms with Crippen LogP contribution in [0.25, 0.3) is 0 Å². The lowest BCUT2D eigenvalue weighted by molar-refractivity contribution is -0.136. The van der Waals surface area contributed by atoms with E-state index in [0.29, 0.717) is 22.0 Å². The van der Waals surface area contributed by atoms with Crippen LogP contribution >= 0.6 is 11.6 Å². The lowest BCUT2D eigenvalue weighted by Gasteiger charge is -2.18. The fourth-order valence-electron chi connectivity index (χ4n) is 2.56. The van der Waals surface area contributed by atoms with Crippen LogP contribution in [0.3, 0.4) is 0 Å². The second kappa shape index (κ2) is 9.93. The minimum atomic E-state index is -0.582. The molecule has 0 aliphatic carbocycles. The van der Waals surface area contributed by atoms with Gasteiger partial charge in [0.25, 0.3) is 5.91 Å². The molecule has 0 aliphatic rings. The molecular weight excluding hydrogens is 396 g/mol. The summed E-state index contributed by atoms with van der Waals surface area (Å²) in [5, 5.41) is 3.08. The van der Waals surface area contributed by atoms with Crippen LogP contribution in [-0.2, 0) is 14.3 Å². The Morgan fingerprint density at radius 1 is 1.14 bits per heavy atom. The second-order valence-corrected chi connectivity index (χ2v) is 6.90. The first kappa shape index (κ1) is 22.2. The zero-order chi connectivity index (χ0) is 21.6. The quantitative estimate of drug-likeness (QED) is 0.698. The maximum absolute atomic E-state index is 12.2. The number of carbonyl (C=O) groups is 3. The van der Waals surface area contributed by atoms with Crippen LogP contribution in [-0.4, -0.2) is 50.0 Å². The first-order valence-corrected chi connectivity index (χ1v) is 9.21. The molecule has 0 heterocycles. The third kappa shape index (κ3) is 5.96. The minimum Gasteiger partial charge on any atom is -0.495 e. The van der Waals surface area contributed by atoms with E-state index in [9.17, 15) is 14.4 Å². The molecule has 1 N–H and O–H groups in total. The van der Waals surface area contributed by atoms with Crippen molar-refractivity contribution in [3.05, 3.63) is 58.1 Å². The molecule has 2 amide bonds. The predicted molar refractivity (Wildman–Crippen MR) is 110 cm³/mol. The molecule has 8 heteroatoms. The number of likely N-dealkylation sites (N-methyl/N-ethyl adjacent to an activating group) is 1. The van der Waals surface area contributed by atoms with Gasteiger partial charge in [0.1, 0.15) is 5.75 Å². The number of ether oxygens (including phenoxy) is 2. The van der Waals surface area contributed by atoms with E-state index < -0.39 is 24.4 Å². The van der Waals surface area contributed by atoms with Crippen molar-refractivity contribution < 1.29 is 23.9 Å². The molecule has 0 unspecified atom stereocenters. The van der Waals surface area contributed by atoms with Crippen LogP contribution < -0.4 is 10.1 Å². The molecule has 2 rings (SSSR count). The maximum atomic E-state index is 12.2. The van der Waals surface area contributed by atoms with E-state index >= 15 is 0 Å². The summed E-state index contributed by atoms with van der Waals surface area (Å²) in [5.74, 6) is -1.08. The Labute approximate surface area is 174 Å². The molecule has 29 heavy (non-hydrogen) atoms. The number of methoxy groups -OCH3 is 1. The van der Waals surface area contributed by atoms with Gasteiger partial charge >= 0.3 is 5.97 Å². The van der Waals surface area contributed by atoms with Gasteiger partial charge in [-0.3, -0.25) is 9.59 Å². The van der Waals surface area contributed by atoms with Crippen LogP contribution in [0.2, 0.25) is 5.02 Å². The third-order valence-electron chi connectivity index (χ3n) is 4.39. The molecule has 0 aromatic heterocycles. The lowest BCUT2D eigenvalue weighted by atomic mass is 10.0. The summed E-state index contributed by atoms with van der Waals surface area (Å²) >= 11 is 5.94. The number of carbonyl (C=O) groups excluding carboxylic acids is 3. The fourth-order valence-corrected chi connectivity index (χ4v) is 2.73. The summed E-state index contributed by atoms with van der Waals surface area (Å²) in [4.78, 5) is 37.8. The molecule has 0 aliphatic heterocycles. The highest BCUT2D eigenvalue weighted by molar-refractivity contribution is 6.31. The van der Waals surface area contributed by atoms with Crippen molar-refractivity contribution in [2.24, 2.45) is 0 Å². The molecule has 0 fully saturated rings. The molecule has 0 bridgehead atoms. The summed E-state index contributed by atoms with van der Waals surface area (Å²) in [6.45, 7) is 3.01. The van der Waals surface area contributed by atoms with Crippen LogP contribution in [0.5, 0.6) is 5.75 Å². The molecule has 0 saturated carbocycles. The van der Waals surface area contributed by atoms with Crippen LogP contribution in [0.1, 0.15) is 21.5 Å². The highest BCUT2D eigenvalue weighted by Gasteiger charge is 2.18. The Hall–Kier alpha value is -3.06. The molecule has 2 aromatic carbocycles. The van der Waals surface area contributed by atoms with E-state index in [-0.39, 0.29) is 6.54 Å². The number of anilines is 1. The van der Waals surface area contributed by atoms with E-state index in [1.807, 2.05) is 19.9 Å².